The van der Waals surface area contributed by atoms with Crippen molar-refractivity contribution in [3.05, 3.63) is 85.6 Å². The quantitative estimate of drug-likeness (QED) is 0.160. The van der Waals surface area contributed by atoms with Gasteiger partial charge in [-0.1, -0.05) is 29.8 Å². The van der Waals surface area contributed by atoms with E-state index in [-0.39, 0.29) is 11.9 Å². The molecule has 9 heteroatoms. The standard InChI is InChI=1S/C26H20BrN3O4S/c1-15(2)13-33-25(31)16-3-6-20(7-4-16)29-12-18(11-28)24-30-22(14-35-24)21-10-17-9-19(27)5-8-23(17)34-26(21)32/h3-10,12,14-15,29H,13H2,1-2H3/b18-12-. The van der Waals surface area contributed by atoms with Gasteiger partial charge in [-0.15, -0.1) is 11.3 Å². The Morgan fingerprint density at radius 2 is 2.03 bits per heavy atom. The van der Waals surface area contributed by atoms with Crippen LogP contribution in [0.4, 0.5) is 5.69 Å². The van der Waals surface area contributed by atoms with E-state index < -0.39 is 5.63 Å². The molecule has 0 aliphatic heterocycles. The Hall–Kier alpha value is -3.74. The molecule has 4 aromatic rings. The number of carbonyl (C=O) groups is 1. The minimum atomic E-state index is -0.496. The first-order valence-corrected chi connectivity index (χ1v) is 12.3. The van der Waals surface area contributed by atoms with E-state index in [1.54, 1.807) is 47.8 Å². The molecule has 2 aromatic heterocycles. The van der Waals surface area contributed by atoms with Gasteiger partial charge in [-0.2, -0.15) is 5.26 Å². The molecule has 35 heavy (non-hydrogen) atoms. The van der Waals surface area contributed by atoms with Crippen molar-refractivity contribution < 1.29 is 13.9 Å². The highest BCUT2D eigenvalue weighted by Crippen LogP contribution is 2.27. The number of hydrogen-bond donors (Lipinski definition) is 1. The number of aromatic nitrogens is 1. The third-order valence-electron chi connectivity index (χ3n) is 4.88. The van der Waals surface area contributed by atoms with Gasteiger partial charge in [0.05, 0.1) is 23.4 Å². The van der Waals surface area contributed by atoms with Gasteiger partial charge in [-0.05, 0) is 54.4 Å². The molecule has 176 valence electrons. The monoisotopic (exact) mass is 549 g/mol. The average molecular weight is 550 g/mol. The highest BCUT2D eigenvalue weighted by atomic mass is 79.9. The second-order valence-corrected chi connectivity index (χ2v) is 9.83. The molecule has 0 unspecified atom stereocenters. The van der Waals surface area contributed by atoms with E-state index >= 15 is 0 Å². The fourth-order valence-corrected chi connectivity index (χ4v) is 4.28. The number of nitriles is 1. The van der Waals surface area contributed by atoms with E-state index in [0.717, 1.165) is 9.86 Å². The average Bonchev–Trinajstić information content (AvgIpc) is 3.33. The van der Waals surface area contributed by atoms with Crippen molar-refractivity contribution in [1.29, 1.82) is 5.26 Å². The van der Waals surface area contributed by atoms with Crippen LogP contribution in [0.1, 0.15) is 29.2 Å². The number of nitrogens with one attached hydrogen (secondary N) is 1. The summed E-state index contributed by atoms with van der Waals surface area (Å²) in [5.41, 5.74) is 2.19. The first-order chi connectivity index (χ1) is 16.8. The van der Waals surface area contributed by atoms with Crippen LogP contribution in [0.5, 0.6) is 0 Å². The number of benzene rings is 2. The molecule has 2 aromatic carbocycles. The number of esters is 1. The summed E-state index contributed by atoms with van der Waals surface area (Å²) in [5, 5.41) is 15.6. The molecule has 0 saturated carbocycles. The van der Waals surface area contributed by atoms with Crippen LogP contribution >= 0.6 is 27.3 Å². The van der Waals surface area contributed by atoms with Gasteiger partial charge in [0.2, 0.25) is 0 Å². The number of ether oxygens (including phenoxy) is 1. The summed E-state index contributed by atoms with van der Waals surface area (Å²) in [6.07, 6.45) is 1.54. The molecule has 0 aliphatic carbocycles. The smallest absolute Gasteiger partial charge is 0.345 e. The van der Waals surface area contributed by atoms with E-state index in [2.05, 4.69) is 32.3 Å². The Bertz CT molecular complexity index is 1510. The van der Waals surface area contributed by atoms with E-state index in [0.29, 0.717) is 45.3 Å². The van der Waals surface area contributed by atoms with Crippen molar-refractivity contribution in [2.24, 2.45) is 5.92 Å². The number of fused-ring (bicyclic) bond motifs is 1. The Morgan fingerprint density at radius 1 is 1.26 bits per heavy atom. The topological polar surface area (TPSA) is 105 Å². The van der Waals surface area contributed by atoms with Gasteiger partial charge in [0.25, 0.3) is 0 Å². The lowest BCUT2D eigenvalue weighted by molar-refractivity contribution is 0.0459. The molecule has 0 spiro atoms. The normalized spacial score (nSPS) is 11.5. The molecule has 0 fully saturated rings. The van der Waals surface area contributed by atoms with E-state index in [1.165, 1.54) is 17.5 Å². The number of thiazole rings is 1. The Balaban J connectivity index is 1.51. The number of carbonyl (C=O) groups excluding carboxylic acids is 1. The van der Waals surface area contributed by atoms with Crippen LogP contribution in [0, 0.1) is 17.2 Å². The second-order valence-electron chi connectivity index (χ2n) is 8.05. The van der Waals surface area contributed by atoms with Crippen LogP contribution in [0.3, 0.4) is 0 Å². The van der Waals surface area contributed by atoms with Crippen molar-refractivity contribution in [3.8, 4) is 17.3 Å². The molecule has 4 rings (SSSR count). The maximum atomic E-state index is 12.5. The molecule has 1 N–H and O–H groups in total. The lowest BCUT2D eigenvalue weighted by Crippen LogP contribution is -2.10. The molecule has 0 amide bonds. The predicted molar refractivity (Wildman–Crippen MR) is 140 cm³/mol. The van der Waals surface area contributed by atoms with E-state index in [1.807, 2.05) is 19.9 Å². The zero-order valence-corrected chi connectivity index (χ0v) is 21.3. The van der Waals surface area contributed by atoms with Gasteiger partial charge in [0.15, 0.2) is 0 Å². The molecular formula is C26H20BrN3O4S. The summed E-state index contributed by atoms with van der Waals surface area (Å²) in [7, 11) is 0. The molecule has 7 nitrogen and oxygen atoms in total. The second kappa shape index (κ2) is 10.7. The third kappa shape index (κ3) is 5.85. The lowest BCUT2D eigenvalue weighted by Gasteiger charge is -2.07. The summed E-state index contributed by atoms with van der Waals surface area (Å²) in [5.74, 6) is -0.113. The maximum absolute atomic E-state index is 12.5. The van der Waals surface area contributed by atoms with Crippen LogP contribution in [-0.4, -0.2) is 17.6 Å². The zero-order valence-electron chi connectivity index (χ0n) is 18.9. The first kappa shape index (κ1) is 24.4. The first-order valence-electron chi connectivity index (χ1n) is 10.7. The number of rotatable bonds is 7. The van der Waals surface area contributed by atoms with Crippen molar-refractivity contribution >= 4 is 55.5 Å². The van der Waals surface area contributed by atoms with Gasteiger partial charge in [-0.3, -0.25) is 0 Å². The molecule has 0 atom stereocenters. The Labute approximate surface area is 213 Å². The van der Waals surface area contributed by atoms with Gasteiger partial charge in [0.1, 0.15) is 22.2 Å². The number of nitrogens with zero attached hydrogens (tertiary/aromatic N) is 2. The lowest BCUT2D eigenvalue weighted by atomic mass is 10.1. The third-order valence-corrected chi connectivity index (χ3v) is 6.25. The number of halogens is 1. The minimum absolute atomic E-state index is 0.263. The number of hydrogen-bond acceptors (Lipinski definition) is 8. The summed E-state index contributed by atoms with van der Waals surface area (Å²) >= 11 is 4.67. The van der Waals surface area contributed by atoms with Gasteiger partial charge in [0, 0.05) is 27.1 Å². The molecule has 0 saturated heterocycles. The molecule has 0 aliphatic rings. The maximum Gasteiger partial charge on any atom is 0.345 e. The Morgan fingerprint density at radius 3 is 2.74 bits per heavy atom. The van der Waals surface area contributed by atoms with Crippen LogP contribution in [-0.2, 0) is 4.74 Å². The molecule has 0 bridgehead atoms. The fourth-order valence-electron chi connectivity index (χ4n) is 3.12. The summed E-state index contributed by atoms with van der Waals surface area (Å²) in [6, 6.07) is 16.0. The number of anilines is 1. The van der Waals surface area contributed by atoms with E-state index in [9.17, 15) is 14.9 Å². The SMILES string of the molecule is CC(C)COC(=O)c1ccc(N/C=C(/C#N)c2nc(-c3cc4cc(Br)ccc4oc3=O)cs2)cc1. The van der Waals surface area contributed by atoms with Crippen molar-refractivity contribution in [2.45, 2.75) is 13.8 Å². The van der Waals surface area contributed by atoms with E-state index in [4.69, 9.17) is 9.15 Å². The summed E-state index contributed by atoms with van der Waals surface area (Å²) in [4.78, 5) is 29.0. The summed E-state index contributed by atoms with van der Waals surface area (Å²) < 4.78 is 11.5. The van der Waals surface area contributed by atoms with Crippen molar-refractivity contribution in [2.75, 3.05) is 11.9 Å². The van der Waals surface area contributed by atoms with Gasteiger partial charge < -0.3 is 14.5 Å². The minimum Gasteiger partial charge on any atom is -0.462 e. The molecule has 0 radical (unpaired) electrons. The molecule has 2 heterocycles. The fraction of sp³-hybridized carbons (Fsp3) is 0.154. The highest BCUT2D eigenvalue weighted by Gasteiger charge is 2.14. The molecular weight excluding hydrogens is 530 g/mol. The van der Waals surface area contributed by atoms with Crippen LogP contribution in [0.15, 0.2) is 73.8 Å². The van der Waals surface area contributed by atoms with Crippen molar-refractivity contribution in [3.63, 3.8) is 0 Å². The van der Waals surface area contributed by atoms with Crippen LogP contribution in [0.25, 0.3) is 27.8 Å². The van der Waals surface area contributed by atoms with Gasteiger partial charge >= 0.3 is 11.6 Å². The largest absolute Gasteiger partial charge is 0.462 e. The highest BCUT2D eigenvalue weighted by molar-refractivity contribution is 9.10. The Kier molecular flexibility index (Phi) is 7.44. The van der Waals surface area contributed by atoms with Crippen LogP contribution in [0.2, 0.25) is 0 Å². The number of allylic oxidation sites excluding steroid dienone is 1. The van der Waals surface area contributed by atoms with Crippen molar-refractivity contribution in [1.82, 2.24) is 4.98 Å². The zero-order chi connectivity index (χ0) is 24.9. The van der Waals surface area contributed by atoms with Gasteiger partial charge in [-0.25, -0.2) is 14.6 Å². The summed E-state index contributed by atoms with van der Waals surface area (Å²) in [6.45, 7) is 4.31. The predicted octanol–water partition coefficient (Wildman–Crippen LogP) is 6.47. The van der Waals surface area contributed by atoms with Crippen LogP contribution < -0.4 is 10.9 Å².